The van der Waals surface area contributed by atoms with E-state index in [1.54, 1.807) is 6.33 Å². The van der Waals surface area contributed by atoms with Crippen molar-refractivity contribution in [3.05, 3.63) is 35.7 Å². The number of hydrogen-bond acceptors (Lipinski definition) is 3. The number of H-pyrrole nitrogens is 2. The Balaban J connectivity index is 1.57. The average Bonchev–Trinajstić information content (AvgIpc) is 3.03. The first kappa shape index (κ1) is 12.4. The molecule has 1 atom stereocenters. The molecule has 3 rings (SSSR count). The Kier molecular flexibility index (Phi) is 3.64. The lowest BCUT2D eigenvalue weighted by atomic mass is 9.92. The maximum absolute atomic E-state index is 4.12. The van der Waals surface area contributed by atoms with Gasteiger partial charge in [-0.2, -0.15) is 5.10 Å². The second-order valence-electron chi connectivity index (χ2n) is 5.56. The summed E-state index contributed by atoms with van der Waals surface area (Å²) in [4.78, 5) is 9.79. The van der Waals surface area contributed by atoms with Crippen molar-refractivity contribution < 1.29 is 0 Å². The SMILES string of the molecule is Cc1cn[nH]c1C[C@@H]1CCCN(Cc2cnc[nH]2)C1. The van der Waals surface area contributed by atoms with Crippen LogP contribution in [0.2, 0.25) is 0 Å². The van der Waals surface area contributed by atoms with E-state index in [-0.39, 0.29) is 0 Å². The Bertz CT molecular complexity index is 502. The van der Waals surface area contributed by atoms with E-state index in [4.69, 9.17) is 0 Å². The van der Waals surface area contributed by atoms with Crippen LogP contribution >= 0.6 is 0 Å². The van der Waals surface area contributed by atoms with Crippen molar-refractivity contribution in [3.63, 3.8) is 0 Å². The zero-order valence-electron chi connectivity index (χ0n) is 11.4. The van der Waals surface area contributed by atoms with E-state index < -0.39 is 0 Å². The molecule has 0 radical (unpaired) electrons. The van der Waals surface area contributed by atoms with Gasteiger partial charge in [-0.05, 0) is 44.2 Å². The third-order valence-corrected chi connectivity index (χ3v) is 3.98. The number of aromatic nitrogens is 4. The fourth-order valence-electron chi connectivity index (χ4n) is 2.94. The number of aryl methyl sites for hydroxylation is 1. The molecule has 1 saturated heterocycles. The van der Waals surface area contributed by atoms with Gasteiger partial charge in [0.15, 0.2) is 0 Å². The second-order valence-corrected chi connectivity index (χ2v) is 5.56. The van der Waals surface area contributed by atoms with Crippen molar-refractivity contribution in [1.29, 1.82) is 0 Å². The van der Waals surface area contributed by atoms with E-state index in [0.29, 0.717) is 0 Å². The predicted octanol–water partition coefficient (Wildman–Crippen LogP) is 1.90. The molecule has 0 saturated carbocycles. The molecule has 1 aliphatic rings. The molecule has 0 aromatic carbocycles. The van der Waals surface area contributed by atoms with E-state index >= 15 is 0 Å². The van der Waals surface area contributed by atoms with Gasteiger partial charge in [-0.1, -0.05) is 0 Å². The minimum Gasteiger partial charge on any atom is -0.347 e. The van der Waals surface area contributed by atoms with Crippen LogP contribution in [0.4, 0.5) is 0 Å². The quantitative estimate of drug-likeness (QED) is 0.881. The van der Waals surface area contributed by atoms with Gasteiger partial charge in [0, 0.05) is 30.7 Å². The van der Waals surface area contributed by atoms with Crippen LogP contribution in [0.15, 0.2) is 18.7 Å². The third-order valence-electron chi connectivity index (χ3n) is 3.98. The number of nitrogens with one attached hydrogen (secondary N) is 2. The largest absolute Gasteiger partial charge is 0.347 e. The van der Waals surface area contributed by atoms with Crippen molar-refractivity contribution in [2.75, 3.05) is 13.1 Å². The summed E-state index contributed by atoms with van der Waals surface area (Å²) in [5, 5.41) is 7.24. The number of piperidine rings is 1. The first-order valence-corrected chi connectivity index (χ1v) is 6.99. The predicted molar refractivity (Wildman–Crippen MR) is 73.6 cm³/mol. The van der Waals surface area contributed by atoms with Gasteiger partial charge in [-0.3, -0.25) is 10.00 Å². The molecule has 2 aromatic heterocycles. The van der Waals surface area contributed by atoms with Gasteiger partial charge in [0.25, 0.3) is 0 Å². The van der Waals surface area contributed by atoms with Crippen molar-refractivity contribution >= 4 is 0 Å². The summed E-state index contributed by atoms with van der Waals surface area (Å²) >= 11 is 0. The Morgan fingerprint density at radius 2 is 2.37 bits per heavy atom. The van der Waals surface area contributed by atoms with Crippen molar-refractivity contribution in [3.8, 4) is 0 Å². The topological polar surface area (TPSA) is 60.6 Å². The van der Waals surface area contributed by atoms with Crippen LogP contribution in [0.5, 0.6) is 0 Å². The van der Waals surface area contributed by atoms with Gasteiger partial charge < -0.3 is 4.98 Å². The average molecular weight is 259 g/mol. The van der Waals surface area contributed by atoms with Crippen molar-refractivity contribution in [1.82, 2.24) is 25.1 Å². The molecule has 5 nitrogen and oxygen atoms in total. The molecular weight excluding hydrogens is 238 g/mol. The Morgan fingerprint density at radius 3 is 3.11 bits per heavy atom. The van der Waals surface area contributed by atoms with Gasteiger partial charge in [-0.25, -0.2) is 4.98 Å². The van der Waals surface area contributed by atoms with Crippen LogP contribution in [0.3, 0.4) is 0 Å². The maximum atomic E-state index is 4.12. The molecule has 1 fully saturated rings. The lowest BCUT2D eigenvalue weighted by Crippen LogP contribution is -2.35. The molecule has 5 heteroatoms. The van der Waals surface area contributed by atoms with Crippen LogP contribution < -0.4 is 0 Å². The van der Waals surface area contributed by atoms with Crippen LogP contribution in [0.1, 0.15) is 29.8 Å². The number of rotatable bonds is 4. The summed E-state index contributed by atoms with van der Waals surface area (Å²) in [7, 11) is 0. The highest BCUT2D eigenvalue weighted by Gasteiger charge is 2.21. The highest BCUT2D eigenvalue weighted by Crippen LogP contribution is 2.22. The summed E-state index contributed by atoms with van der Waals surface area (Å²) in [6, 6.07) is 0. The fraction of sp³-hybridized carbons (Fsp3) is 0.571. The zero-order valence-corrected chi connectivity index (χ0v) is 11.4. The number of imidazole rings is 1. The standard InChI is InChI=1S/C14H21N5/c1-11-6-17-18-14(11)5-12-3-2-4-19(8-12)9-13-7-15-10-16-13/h6-7,10,12H,2-5,8-9H2,1H3,(H,15,16)(H,17,18)/t12-/m0/s1. The molecule has 2 aromatic rings. The minimum atomic E-state index is 0.732. The second kappa shape index (κ2) is 5.57. The number of aromatic amines is 2. The first-order chi connectivity index (χ1) is 9.31. The Labute approximate surface area is 113 Å². The molecule has 19 heavy (non-hydrogen) atoms. The Hall–Kier alpha value is -1.62. The molecule has 2 N–H and O–H groups in total. The van der Waals surface area contributed by atoms with Crippen molar-refractivity contribution in [2.24, 2.45) is 5.92 Å². The lowest BCUT2D eigenvalue weighted by Gasteiger charge is -2.32. The molecular formula is C14H21N5. The lowest BCUT2D eigenvalue weighted by molar-refractivity contribution is 0.165. The number of nitrogens with zero attached hydrogens (tertiary/aromatic N) is 3. The molecule has 0 bridgehead atoms. The van der Waals surface area contributed by atoms with E-state index in [1.165, 1.54) is 36.3 Å². The van der Waals surface area contributed by atoms with Gasteiger partial charge in [0.2, 0.25) is 0 Å². The van der Waals surface area contributed by atoms with Gasteiger partial charge in [-0.15, -0.1) is 0 Å². The molecule has 0 spiro atoms. The zero-order chi connectivity index (χ0) is 13.1. The molecule has 0 aliphatic carbocycles. The number of hydrogen-bond donors (Lipinski definition) is 2. The fourth-order valence-corrected chi connectivity index (χ4v) is 2.94. The van der Waals surface area contributed by atoms with E-state index in [1.807, 2.05) is 12.4 Å². The van der Waals surface area contributed by atoms with Crippen molar-refractivity contribution in [2.45, 2.75) is 32.7 Å². The molecule has 3 heterocycles. The maximum Gasteiger partial charge on any atom is 0.0922 e. The highest BCUT2D eigenvalue weighted by molar-refractivity contribution is 5.14. The van der Waals surface area contributed by atoms with Crippen LogP contribution in [0.25, 0.3) is 0 Å². The molecule has 0 unspecified atom stereocenters. The molecule has 0 amide bonds. The minimum absolute atomic E-state index is 0.732. The summed E-state index contributed by atoms with van der Waals surface area (Å²) in [6.07, 6.45) is 9.31. The monoisotopic (exact) mass is 259 g/mol. The van der Waals surface area contributed by atoms with E-state index in [0.717, 1.165) is 25.4 Å². The summed E-state index contributed by atoms with van der Waals surface area (Å²) in [5.41, 5.74) is 3.79. The normalized spacial score (nSPS) is 20.8. The third kappa shape index (κ3) is 3.04. The first-order valence-electron chi connectivity index (χ1n) is 6.99. The molecule has 1 aliphatic heterocycles. The van der Waals surface area contributed by atoms with E-state index in [9.17, 15) is 0 Å². The Morgan fingerprint density at radius 1 is 1.42 bits per heavy atom. The highest BCUT2D eigenvalue weighted by atomic mass is 15.1. The van der Waals surface area contributed by atoms with Crippen LogP contribution in [0, 0.1) is 12.8 Å². The summed E-state index contributed by atoms with van der Waals surface area (Å²) in [6.45, 7) is 5.47. The van der Waals surface area contributed by atoms with Crippen LogP contribution in [-0.4, -0.2) is 38.2 Å². The summed E-state index contributed by atoms with van der Waals surface area (Å²) < 4.78 is 0. The van der Waals surface area contributed by atoms with Gasteiger partial charge >= 0.3 is 0 Å². The smallest absolute Gasteiger partial charge is 0.0922 e. The summed E-state index contributed by atoms with van der Waals surface area (Å²) in [5.74, 6) is 0.732. The van der Waals surface area contributed by atoms with Gasteiger partial charge in [0.05, 0.1) is 12.5 Å². The number of likely N-dealkylation sites (tertiary alicyclic amines) is 1. The van der Waals surface area contributed by atoms with E-state index in [2.05, 4.69) is 32.0 Å². The van der Waals surface area contributed by atoms with Gasteiger partial charge in [0.1, 0.15) is 0 Å². The van der Waals surface area contributed by atoms with Crippen LogP contribution in [-0.2, 0) is 13.0 Å². The molecule has 102 valence electrons.